The fraction of sp³-hybridized carbons (Fsp3) is 0.381. The Morgan fingerprint density at radius 1 is 1.20 bits per heavy atom. The van der Waals surface area contributed by atoms with Crippen molar-refractivity contribution in [3.8, 4) is 0 Å². The summed E-state index contributed by atoms with van der Waals surface area (Å²) in [6, 6.07) is 19.2. The minimum absolute atomic E-state index is 0.117. The minimum atomic E-state index is -0.142. The molecule has 0 spiro atoms. The van der Waals surface area contributed by atoms with Crippen molar-refractivity contribution in [2.75, 3.05) is 12.4 Å². The van der Waals surface area contributed by atoms with Gasteiger partial charge >= 0.3 is 5.97 Å². The van der Waals surface area contributed by atoms with Crippen LogP contribution >= 0.6 is 11.8 Å². The monoisotopic (exact) mass is 355 g/mol. The molecular formula is C21H25NO2S. The van der Waals surface area contributed by atoms with Crippen LogP contribution < -0.4 is 5.32 Å². The summed E-state index contributed by atoms with van der Waals surface area (Å²) in [6.45, 7) is 4.50. The van der Waals surface area contributed by atoms with E-state index in [0.29, 0.717) is 13.0 Å². The molecule has 2 aromatic carbocycles. The summed E-state index contributed by atoms with van der Waals surface area (Å²) in [7, 11) is 0. The van der Waals surface area contributed by atoms with Gasteiger partial charge in [-0.05, 0) is 37.5 Å². The fourth-order valence-electron chi connectivity index (χ4n) is 3.22. The highest BCUT2D eigenvalue weighted by molar-refractivity contribution is 7.99. The van der Waals surface area contributed by atoms with Gasteiger partial charge in [-0.15, -0.1) is 11.8 Å². The predicted molar refractivity (Wildman–Crippen MR) is 103 cm³/mol. The van der Waals surface area contributed by atoms with Crippen LogP contribution in [0.5, 0.6) is 0 Å². The molecule has 0 radical (unpaired) electrons. The van der Waals surface area contributed by atoms with Crippen LogP contribution in [0.15, 0.2) is 59.5 Å². The van der Waals surface area contributed by atoms with Crippen LogP contribution in [0, 0.1) is 0 Å². The molecule has 0 saturated carbocycles. The molecule has 132 valence electrons. The lowest BCUT2D eigenvalue weighted by molar-refractivity contribution is -0.143. The molecule has 1 aliphatic rings. The number of hydrogen-bond donors (Lipinski definition) is 1. The summed E-state index contributed by atoms with van der Waals surface area (Å²) in [4.78, 5) is 13.1. The maximum atomic E-state index is 11.8. The summed E-state index contributed by atoms with van der Waals surface area (Å²) in [5.41, 5.74) is 2.41. The molecule has 1 N–H and O–H groups in total. The highest BCUT2D eigenvalue weighted by Gasteiger charge is 2.33. The van der Waals surface area contributed by atoms with Gasteiger partial charge in [0.05, 0.1) is 12.6 Å². The molecule has 25 heavy (non-hydrogen) atoms. The molecular weight excluding hydrogens is 330 g/mol. The molecule has 0 aliphatic carbocycles. The van der Waals surface area contributed by atoms with Crippen molar-refractivity contribution in [3.05, 3.63) is 65.7 Å². The molecule has 2 aromatic rings. The molecule has 1 heterocycles. The van der Waals surface area contributed by atoms with E-state index < -0.39 is 0 Å². The number of benzene rings is 2. The Balaban J connectivity index is 1.87. The van der Waals surface area contributed by atoms with Crippen LogP contribution in [0.4, 0.5) is 0 Å². The lowest BCUT2D eigenvalue weighted by Gasteiger charge is -2.33. The van der Waals surface area contributed by atoms with Crippen molar-refractivity contribution in [2.45, 2.75) is 43.2 Å². The molecule has 0 fully saturated rings. The minimum Gasteiger partial charge on any atom is -0.466 e. The van der Waals surface area contributed by atoms with Gasteiger partial charge in [0.2, 0.25) is 0 Å². The SMILES string of the molecule is CCOC(=O)CC[C@@]1(C)CSc2ccccc2[C@H](c2ccccc2)N1. The number of rotatable bonds is 5. The Hall–Kier alpha value is -1.78. The standard InChI is InChI=1S/C21H25NO2S/c1-3-24-19(23)13-14-21(2)15-25-18-12-8-7-11-17(18)20(22-21)16-9-5-4-6-10-16/h4-12,20,22H,3,13-15H2,1-2H3/t20-,21-/m0/s1. The highest BCUT2D eigenvalue weighted by atomic mass is 32.2. The van der Waals surface area contributed by atoms with Crippen LogP contribution in [0.1, 0.15) is 43.9 Å². The zero-order valence-electron chi connectivity index (χ0n) is 14.8. The number of carbonyl (C=O) groups is 1. The van der Waals surface area contributed by atoms with E-state index in [2.05, 4.69) is 60.8 Å². The van der Waals surface area contributed by atoms with E-state index in [9.17, 15) is 4.79 Å². The van der Waals surface area contributed by atoms with Gasteiger partial charge in [-0.25, -0.2) is 0 Å². The number of hydrogen-bond acceptors (Lipinski definition) is 4. The smallest absolute Gasteiger partial charge is 0.305 e. The predicted octanol–water partition coefficient (Wildman–Crippen LogP) is 4.57. The van der Waals surface area contributed by atoms with E-state index in [-0.39, 0.29) is 17.6 Å². The maximum Gasteiger partial charge on any atom is 0.305 e. The van der Waals surface area contributed by atoms with E-state index in [1.807, 2.05) is 24.8 Å². The first-order valence-corrected chi connectivity index (χ1v) is 9.80. The van der Waals surface area contributed by atoms with Crippen LogP contribution in [0.3, 0.4) is 0 Å². The zero-order chi connectivity index (χ0) is 17.7. The summed E-state index contributed by atoms with van der Waals surface area (Å²) in [5, 5.41) is 3.83. The van der Waals surface area contributed by atoms with Gasteiger partial charge in [0.1, 0.15) is 0 Å². The Labute approximate surface area is 154 Å². The van der Waals surface area contributed by atoms with Crippen LogP contribution in [0.25, 0.3) is 0 Å². The molecule has 2 atom stereocenters. The number of esters is 1. The molecule has 4 heteroatoms. The molecule has 0 saturated heterocycles. The van der Waals surface area contributed by atoms with Gasteiger partial charge in [0, 0.05) is 22.6 Å². The fourth-order valence-corrected chi connectivity index (χ4v) is 4.45. The number of carbonyl (C=O) groups excluding carboxylic acids is 1. The van der Waals surface area contributed by atoms with E-state index in [0.717, 1.165) is 12.2 Å². The number of fused-ring (bicyclic) bond motifs is 1. The average molecular weight is 356 g/mol. The van der Waals surface area contributed by atoms with Crippen molar-refractivity contribution in [3.63, 3.8) is 0 Å². The van der Waals surface area contributed by atoms with E-state index >= 15 is 0 Å². The zero-order valence-corrected chi connectivity index (χ0v) is 15.6. The number of nitrogens with one attached hydrogen (secondary N) is 1. The van der Waals surface area contributed by atoms with E-state index in [4.69, 9.17) is 4.74 Å². The van der Waals surface area contributed by atoms with Gasteiger partial charge in [0.15, 0.2) is 0 Å². The molecule has 0 unspecified atom stereocenters. The largest absolute Gasteiger partial charge is 0.466 e. The second-order valence-corrected chi connectivity index (χ2v) is 7.70. The van der Waals surface area contributed by atoms with Crippen LogP contribution in [-0.4, -0.2) is 23.9 Å². The first-order chi connectivity index (χ1) is 12.1. The molecule has 0 bridgehead atoms. The Morgan fingerprint density at radius 3 is 2.68 bits per heavy atom. The van der Waals surface area contributed by atoms with E-state index in [1.165, 1.54) is 16.0 Å². The third-order valence-electron chi connectivity index (χ3n) is 4.59. The van der Waals surface area contributed by atoms with Gasteiger partial charge in [-0.3, -0.25) is 4.79 Å². The van der Waals surface area contributed by atoms with Crippen molar-refractivity contribution in [1.29, 1.82) is 0 Å². The number of ether oxygens (including phenoxy) is 1. The van der Waals surface area contributed by atoms with Gasteiger partial charge < -0.3 is 10.1 Å². The second-order valence-electron chi connectivity index (χ2n) is 6.68. The van der Waals surface area contributed by atoms with E-state index in [1.54, 1.807) is 0 Å². The Kier molecular flexibility index (Phi) is 5.82. The number of thioether (sulfide) groups is 1. The molecule has 3 rings (SSSR count). The topological polar surface area (TPSA) is 38.3 Å². The maximum absolute atomic E-state index is 11.8. The van der Waals surface area contributed by atoms with Gasteiger partial charge in [-0.2, -0.15) is 0 Å². The first kappa shape index (κ1) is 18.0. The van der Waals surface area contributed by atoms with Crippen LogP contribution in [0.2, 0.25) is 0 Å². The normalized spacial score (nSPS) is 22.7. The Morgan fingerprint density at radius 2 is 1.92 bits per heavy atom. The Bertz CT molecular complexity index is 719. The summed E-state index contributed by atoms with van der Waals surface area (Å²) in [6.07, 6.45) is 1.20. The molecule has 0 aromatic heterocycles. The van der Waals surface area contributed by atoms with Gasteiger partial charge in [0.25, 0.3) is 0 Å². The summed E-state index contributed by atoms with van der Waals surface area (Å²) < 4.78 is 5.11. The average Bonchev–Trinajstić information content (AvgIpc) is 2.79. The summed E-state index contributed by atoms with van der Waals surface area (Å²) in [5.74, 6) is 0.806. The van der Waals surface area contributed by atoms with Crippen molar-refractivity contribution < 1.29 is 9.53 Å². The quantitative estimate of drug-likeness (QED) is 0.797. The van der Waals surface area contributed by atoms with Crippen molar-refractivity contribution >= 4 is 17.7 Å². The first-order valence-electron chi connectivity index (χ1n) is 8.81. The van der Waals surface area contributed by atoms with Gasteiger partial charge in [-0.1, -0.05) is 48.5 Å². The van der Waals surface area contributed by atoms with Crippen LogP contribution in [-0.2, 0) is 9.53 Å². The van der Waals surface area contributed by atoms with Crippen molar-refractivity contribution in [1.82, 2.24) is 5.32 Å². The lowest BCUT2D eigenvalue weighted by atomic mass is 9.92. The third kappa shape index (κ3) is 4.44. The molecule has 1 aliphatic heterocycles. The highest BCUT2D eigenvalue weighted by Crippen LogP contribution is 2.39. The summed E-state index contributed by atoms with van der Waals surface area (Å²) >= 11 is 1.87. The third-order valence-corrected chi connectivity index (χ3v) is 6.05. The molecule has 0 amide bonds. The van der Waals surface area contributed by atoms with Crippen molar-refractivity contribution in [2.24, 2.45) is 0 Å². The lowest BCUT2D eigenvalue weighted by Crippen LogP contribution is -2.46. The molecule has 3 nitrogen and oxygen atoms in total. The second kappa shape index (κ2) is 8.07.